The van der Waals surface area contributed by atoms with Gasteiger partial charge in [-0.05, 0) is 32.2 Å². The maximum atomic E-state index is 6.00. The Morgan fingerprint density at radius 2 is 1.71 bits per heavy atom. The minimum atomic E-state index is -2.15. The van der Waals surface area contributed by atoms with Gasteiger partial charge in [-0.2, -0.15) is 0 Å². The molecule has 1 heterocycles. The van der Waals surface area contributed by atoms with Gasteiger partial charge in [-0.15, -0.1) is 0 Å². The summed E-state index contributed by atoms with van der Waals surface area (Å²) in [6.07, 6.45) is 0. The second kappa shape index (κ2) is 4.16. The third-order valence-electron chi connectivity index (χ3n) is 1.83. The van der Waals surface area contributed by atoms with Gasteiger partial charge < -0.3 is 12.3 Å². The molecule has 1 N–H and O–H groups in total. The van der Waals surface area contributed by atoms with Gasteiger partial charge in [0.15, 0.2) is 0 Å². The molecule has 7 heteroatoms. The van der Waals surface area contributed by atoms with Crippen molar-refractivity contribution in [2.24, 2.45) is 0 Å². The van der Waals surface area contributed by atoms with Crippen molar-refractivity contribution >= 4 is 26.6 Å². The standard InChI is InChI=1S/C7H21NO3Si3/c1-7(2)8-14(6)10-12(3)9-13(4,5)11-14/h7-8,12H,1-6H3. The lowest BCUT2D eigenvalue weighted by atomic mass is 10.4. The van der Waals surface area contributed by atoms with Crippen molar-refractivity contribution in [3.8, 4) is 0 Å². The lowest BCUT2D eigenvalue weighted by molar-refractivity contribution is 0.236. The molecular weight excluding hydrogens is 230 g/mol. The average Bonchev–Trinajstić information content (AvgIpc) is 1.74. The number of hydrogen-bond donors (Lipinski definition) is 1. The number of hydrogen-bond acceptors (Lipinski definition) is 4. The van der Waals surface area contributed by atoms with E-state index in [9.17, 15) is 0 Å². The first-order valence-electron chi connectivity index (χ1n) is 5.06. The van der Waals surface area contributed by atoms with Crippen molar-refractivity contribution in [3.05, 3.63) is 0 Å². The first-order chi connectivity index (χ1) is 6.22. The van der Waals surface area contributed by atoms with E-state index in [2.05, 4.69) is 45.0 Å². The largest absolute Gasteiger partial charge is 0.418 e. The Bertz CT molecular complexity index is 210. The molecule has 1 saturated heterocycles. The van der Waals surface area contributed by atoms with Gasteiger partial charge in [0.2, 0.25) is 0 Å². The fourth-order valence-corrected chi connectivity index (χ4v) is 14.8. The van der Waals surface area contributed by atoms with Crippen LogP contribution in [0.1, 0.15) is 13.8 Å². The lowest BCUT2D eigenvalue weighted by Gasteiger charge is -2.43. The van der Waals surface area contributed by atoms with E-state index in [-0.39, 0.29) is 0 Å². The smallest absolute Gasteiger partial charge is 0.404 e. The molecular formula is C7H21NO3Si3. The van der Waals surface area contributed by atoms with E-state index in [0.29, 0.717) is 6.04 Å². The maximum Gasteiger partial charge on any atom is 0.404 e. The minimum absolute atomic E-state index is 0.399. The zero-order chi connectivity index (χ0) is 11.0. The monoisotopic (exact) mass is 251 g/mol. The molecule has 84 valence electrons. The number of rotatable bonds is 2. The van der Waals surface area contributed by atoms with Gasteiger partial charge in [-0.3, -0.25) is 4.98 Å². The van der Waals surface area contributed by atoms with Crippen molar-refractivity contribution in [1.82, 2.24) is 4.98 Å². The molecule has 14 heavy (non-hydrogen) atoms. The molecule has 0 amide bonds. The normalized spacial score (nSPS) is 37.5. The van der Waals surface area contributed by atoms with Crippen LogP contribution in [0.3, 0.4) is 0 Å². The summed E-state index contributed by atoms with van der Waals surface area (Å²) in [5, 5.41) is 0. The Balaban J connectivity index is 2.68. The molecule has 1 fully saturated rings. The second-order valence-electron chi connectivity index (χ2n) is 4.55. The quantitative estimate of drug-likeness (QED) is 0.748. The van der Waals surface area contributed by atoms with E-state index in [1.807, 2.05) is 0 Å². The maximum absolute atomic E-state index is 6.00. The van der Waals surface area contributed by atoms with Gasteiger partial charge in [0.1, 0.15) is 0 Å². The summed E-state index contributed by atoms with van der Waals surface area (Å²) in [6.45, 7) is 12.6. The zero-order valence-electron chi connectivity index (χ0n) is 9.88. The van der Waals surface area contributed by atoms with Crippen LogP contribution in [0.5, 0.6) is 0 Å². The van der Waals surface area contributed by atoms with Crippen LogP contribution in [0, 0.1) is 0 Å². The third-order valence-corrected chi connectivity index (χ3v) is 13.2. The van der Waals surface area contributed by atoms with Crippen molar-refractivity contribution in [1.29, 1.82) is 0 Å². The number of nitrogens with one attached hydrogen (secondary N) is 1. The molecule has 1 rings (SSSR count). The Labute approximate surface area is 90.4 Å². The molecule has 0 aromatic rings. The Hall–Kier alpha value is 0.491. The van der Waals surface area contributed by atoms with Crippen LogP contribution in [-0.2, 0) is 12.3 Å². The van der Waals surface area contributed by atoms with Crippen molar-refractivity contribution in [2.45, 2.75) is 46.1 Å². The molecule has 0 radical (unpaired) electrons. The Morgan fingerprint density at radius 3 is 2.14 bits per heavy atom. The fraction of sp³-hybridized carbons (Fsp3) is 1.00. The highest BCUT2D eigenvalue weighted by molar-refractivity contribution is 6.87. The minimum Gasteiger partial charge on any atom is -0.418 e. The van der Waals surface area contributed by atoms with Crippen molar-refractivity contribution < 1.29 is 12.3 Å². The topological polar surface area (TPSA) is 39.7 Å². The van der Waals surface area contributed by atoms with E-state index in [4.69, 9.17) is 12.3 Å². The third kappa shape index (κ3) is 3.57. The molecule has 0 spiro atoms. The molecule has 0 aromatic carbocycles. The predicted molar refractivity (Wildman–Crippen MR) is 63.6 cm³/mol. The van der Waals surface area contributed by atoms with E-state index in [1.165, 1.54) is 0 Å². The second-order valence-corrected chi connectivity index (χ2v) is 13.4. The average molecular weight is 252 g/mol. The molecule has 1 aliphatic heterocycles. The summed E-state index contributed by atoms with van der Waals surface area (Å²) in [5.41, 5.74) is 0. The van der Waals surface area contributed by atoms with Crippen LogP contribution >= 0.6 is 0 Å². The van der Waals surface area contributed by atoms with Gasteiger partial charge in [-0.25, -0.2) is 0 Å². The molecule has 0 saturated carbocycles. The lowest BCUT2D eigenvalue weighted by Crippen LogP contribution is -2.68. The van der Waals surface area contributed by atoms with Gasteiger partial charge in [0.05, 0.1) is 0 Å². The van der Waals surface area contributed by atoms with Crippen LogP contribution in [0.25, 0.3) is 0 Å². The summed E-state index contributed by atoms with van der Waals surface area (Å²) in [4.78, 5) is 3.43. The summed E-state index contributed by atoms with van der Waals surface area (Å²) < 4.78 is 17.7. The predicted octanol–water partition coefficient (Wildman–Crippen LogP) is 1.17. The highest BCUT2D eigenvalue weighted by atomic mass is 28.5. The van der Waals surface area contributed by atoms with Gasteiger partial charge in [-0.1, -0.05) is 13.8 Å². The van der Waals surface area contributed by atoms with E-state index >= 15 is 0 Å². The SMILES string of the molecule is CC(C)N[Si]1(C)O[SiH](C)O[Si](C)(C)O1. The Kier molecular flexibility index (Phi) is 3.73. The van der Waals surface area contributed by atoms with E-state index in [0.717, 1.165) is 0 Å². The zero-order valence-corrected chi connectivity index (χ0v) is 13.0. The van der Waals surface area contributed by atoms with Crippen molar-refractivity contribution in [2.75, 3.05) is 0 Å². The van der Waals surface area contributed by atoms with Crippen LogP contribution in [0.4, 0.5) is 0 Å². The van der Waals surface area contributed by atoms with Crippen LogP contribution in [-0.4, -0.2) is 32.6 Å². The molecule has 0 aliphatic carbocycles. The summed E-state index contributed by atoms with van der Waals surface area (Å²) >= 11 is 0. The van der Waals surface area contributed by atoms with E-state index < -0.39 is 26.6 Å². The Morgan fingerprint density at radius 1 is 1.14 bits per heavy atom. The van der Waals surface area contributed by atoms with E-state index in [1.54, 1.807) is 0 Å². The molecule has 0 aromatic heterocycles. The highest BCUT2D eigenvalue weighted by Crippen LogP contribution is 2.23. The molecule has 2 unspecified atom stereocenters. The van der Waals surface area contributed by atoms with Crippen LogP contribution in [0.2, 0.25) is 26.2 Å². The van der Waals surface area contributed by atoms with Gasteiger partial charge >= 0.3 is 26.6 Å². The first-order valence-corrected chi connectivity index (χ1v) is 12.3. The van der Waals surface area contributed by atoms with Crippen LogP contribution in [0.15, 0.2) is 0 Å². The highest BCUT2D eigenvalue weighted by Gasteiger charge is 2.48. The molecule has 0 bridgehead atoms. The molecule has 2 atom stereocenters. The summed E-state index contributed by atoms with van der Waals surface area (Å²) in [5.74, 6) is 0. The van der Waals surface area contributed by atoms with Gasteiger partial charge in [0, 0.05) is 0 Å². The van der Waals surface area contributed by atoms with Crippen molar-refractivity contribution in [3.63, 3.8) is 0 Å². The summed E-state index contributed by atoms with van der Waals surface area (Å²) in [7, 11) is -5.54. The van der Waals surface area contributed by atoms with Gasteiger partial charge in [0.25, 0.3) is 0 Å². The first kappa shape index (κ1) is 12.6. The molecule has 4 nitrogen and oxygen atoms in total. The summed E-state index contributed by atoms with van der Waals surface area (Å²) in [6, 6.07) is 0.399. The molecule has 1 aliphatic rings. The fourth-order valence-electron chi connectivity index (χ4n) is 1.85. The van der Waals surface area contributed by atoms with Crippen LogP contribution < -0.4 is 4.98 Å².